The molecule has 6 heteroatoms. The van der Waals surface area contributed by atoms with Gasteiger partial charge in [0.05, 0.1) is 19.3 Å². The fraction of sp³-hybridized carbons (Fsp3) is 0.412. The number of thiazole rings is 1. The van der Waals surface area contributed by atoms with Crippen LogP contribution in [-0.4, -0.2) is 18.1 Å². The number of hydrogen-bond acceptors (Lipinski definition) is 4. The lowest BCUT2D eigenvalue weighted by molar-refractivity contribution is 0.240. The maximum absolute atomic E-state index is 11.9. The minimum atomic E-state index is -0.219. The van der Waals surface area contributed by atoms with Crippen LogP contribution in [0.4, 0.5) is 4.79 Å². The molecule has 0 saturated heterocycles. The summed E-state index contributed by atoms with van der Waals surface area (Å²) in [7, 11) is 1.62. The molecule has 1 heterocycles. The van der Waals surface area contributed by atoms with Gasteiger partial charge >= 0.3 is 6.03 Å². The van der Waals surface area contributed by atoms with E-state index in [4.69, 9.17) is 4.74 Å². The van der Waals surface area contributed by atoms with Gasteiger partial charge in [-0.25, -0.2) is 9.78 Å². The van der Waals surface area contributed by atoms with Crippen molar-refractivity contribution in [3.63, 3.8) is 0 Å². The predicted octanol–water partition coefficient (Wildman–Crippen LogP) is 3.45. The van der Waals surface area contributed by atoms with Crippen molar-refractivity contribution < 1.29 is 9.53 Å². The number of amides is 2. The number of carbonyl (C=O) groups excluding carboxylic acids is 1. The molecule has 0 aliphatic carbocycles. The van der Waals surface area contributed by atoms with Gasteiger partial charge in [0.2, 0.25) is 0 Å². The first kappa shape index (κ1) is 17.3. The summed E-state index contributed by atoms with van der Waals surface area (Å²) in [5.74, 6) is 0.766. The Morgan fingerprint density at radius 2 is 1.91 bits per heavy atom. The number of methoxy groups -OCH3 is 1. The van der Waals surface area contributed by atoms with E-state index in [9.17, 15) is 4.79 Å². The predicted molar refractivity (Wildman–Crippen MR) is 92.9 cm³/mol. The summed E-state index contributed by atoms with van der Waals surface area (Å²) in [6.45, 7) is 7.22. The Balaban J connectivity index is 1.82. The van der Waals surface area contributed by atoms with Crippen molar-refractivity contribution in [3.8, 4) is 5.75 Å². The molecule has 0 saturated carbocycles. The zero-order valence-corrected chi connectivity index (χ0v) is 14.8. The zero-order valence-electron chi connectivity index (χ0n) is 14.0. The van der Waals surface area contributed by atoms with Gasteiger partial charge in [0.1, 0.15) is 10.8 Å². The van der Waals surface area contributed by atoms with E-state index in [-0.39, 0.29) is 11.4 Å². The van der Waals surface area contributed by atoms with Crippen molar-refractivity contribution in [2.75, 3.05) is 7.11 Å². The standard InChI is InChI=1S/C17H23N3O2S/c1-17(2,3)14-11-23-15(20-14)10-19-16(21)18-9-12-7-5-6-8-13(12)22-4/h5-8,11H,9-10H2,1-4H3,(H2,18,19,21). The number of carbonyl (C=O) groups is 1. The van der Waals surface area contributed by atoms with Crippen molar-refractivity contribution in [3.05, 3.63) is 45.9 Å². The van der Waals surface area contributed by atoms with E-state index < -0.39 is 0 Å². The number of para-hydroxylation sites is 1. The highest BCUT2D eigenvalue weighted by molar-refractivity contribution is 7.09. The molecule has 0 spiro atoms. The Labute approximate surface area is 141 Å². The average molecular weight is 333 g/mol. The summed E-state index contributed by atoms with van der Waals surface area (Å²) >= 11 is 1.57. The lowest BCUT2D eigenvalue weighted by Crippen LogP contribution is -2.34. The third-order valence-electron chi connectivity index (χ3n) is 3.35. The second-order valence-electron chi connectivity index (χ2n) is 6.22. The lowest BCUT2D eigenvalue weighted by atomic mass is 9.93. The Morgan fingerprint density at radius 1 is 1.22 bits per heavy atom. The van der Waals surface area contributed by atoms with E-state index in [0.717, 1.165) is 22.0 Å². The highest BCUT2D eigenvalue weighted by Crippen LogP contribution is 2.23. The average Bonchev–Trinajstić information content (AvgIpc) is 3.00. The Hall–Kier alpha value is -2.08. The molecule has 2 rings (SSSR count). The maximum Gasteiger partial charge on any atom is 0.315 e. The molecule has 2 N–H and O–H groups in total. The minimum absolute atomic E-state index is 0.0286. The monoisotopic (exact) mass is 333 g/mol. The Bertz CT molecular complexity index is 662. The molecule has 0 fully saturated rings. The highest BCUT2D eigenvalue weighted by Gasteiger charge is 2.17. The van der Waals surface area contributed by atoms with Gasteiger partial charge in [0.15, 0.2) is 0 Å². The van der Waals surface area contributed by atoms with Crippen molar-refractivity contribution in [2.24, 2.45) is 0 Å². The number of urea groups is 1. The summed E-state index contributed by atoms with van der Waals surface area (Å²) < 4.78 is 5.26. The quantitative estimate of drug-likeness (QED) is 0.881. The second kappa shape index (κ2) is 7.46. The molecule has 1 aromatic carbocycles. The number of aromatic nitrogens is 1. The summed E-state index contributed by atoms with van der Waals surface area (Å²) in [6, 6.07) is 7.40. The van der Waals surface area contributed by atoms with E-state index in [1.54, 1.807) is 18.4 Å². The van der Waals surface area contributed by atoms with E-state index >= 15 is 0 Å². The first-order valence-corrected chi connectivity index (χ1v) is 8.36. The van der Waals surface area contributed by atoms with Crippen molar-refractivity contribution in [1.82, 2.24) is 15.6 Å². The first-order chi connectivity index (χ1) is 10.9. The van der Waals surface area contributed by atoms with Crippen LogP contribution >= 0.6 is 11.3 Å². The Kier molecular flexibility index (Phi) is 5.60. The number of nitrogens with one attached hydrogen (secondary N) is 2. The van der Waals surface area contributed by atoms with Gasteiger partial charge in [-0.2, -0.15) is 0 Å². The summed E-state index contributed by atoms with van der Waals surface area (Å²) in [5.41, 5.74) is 2.02. The van der Waals surface area contributed by atoms with E-state index in [1.165, 1.54) is 0 Å². The molecule has 0 radical (unpaired) electrons. The van der Waals surface area contributed by atoms with Crippen LogP contribution in [-0.2, 0) is 18.5 Å². The third kappa shape index (κ3) is 4.96. The molecule has 2 aromatic rings. The minimum Gasteiger partial charge on any atom is -0.496 e. The summed E-state index contributed by atoms with van der Waals surface area (Å²) in [5, 5.41) is 8.61. The van der Waals surface area contributed by atoms with Crippen molar-refractivity contribution in [2.45, 2.75) is 39.3 Å². The van der Waals surface area contributed by atoms with Crippen molar-refractivity contribution >= 4 is 17.4 Å². The molecule has 0 bridgehead atoms. The van der Waals surface area contributed by atoms with Gasteiger partial charge in [-0.05, 0) is 6.07 Å². The van der Waals surface area contributed by atoms with E-state index in [0.29, 0.717) is 13.1 Å². The normalized spacial score (nSPS) is 11.1. The molecular formula is C17H23N3O2S. The van der Waals surface area contributed by atoms with Gasteiger partial charge in [-0.1, -0.05) is 39.0 Å². The SMILES string of the molecule is COc1ccccc1CNC(=O)NCc1nc(C(C)(C)C)cs1. The van der Waals surface area contributed by atoms with Crippen molar-refractivity contribution in [1.29, 1.82) is 0 Å². The van der Waals surface area contributed by atoms with Gasteiger partial charge < -0.3 is 15.4 Å². The van der Waals surface area contributed by atoms with Gasteiger partial charge in [-0.3, -0.25) is 0 Å². The third-order valence-corrected chi connectivity index (χ3v) is 4.20. The highest BCUT2D eigenvalue weighted by atomic mass is 32.1. The smallest absolute Gasteiger partial charge is 0.315 e. The first-order valence-electron chi connectivity index (χ1n) is 7.48. The van der Waals surface area contributed by atoms with Crippen LogP contribution in [0, 0.1) is 0 Å². The van der Waals surface area contributed by atoms with E-state index in [1.807, 2.05) is 29.6 Å². The van der Waals surface area contributed by atoms with E-state index in [2.05, 4.69) is 36.4 Å². The summed E-state index contributed by atoms with van der Waals surface area (Å²) in [6.07, 6.45) is 0. The molecule has 0 unspecified atom stereocenters. The molecule has 1 aromatic heterocycles. The van der Waals surface area contributed by atoms with Gasteiger partial charge in [0, 0.05) is 22.9 Å². The molecular weight excluding hydrogens is 310 g/mol. The van der Waals surface area contributed by atoms with Crippen LogP contribution in [0.25, 0.3) is 0 Å². The molecule has 0 aliphatic heterocycles. The lowest BCUT2D eigenvalue weighted by Gasteiger charge is -2.14. The number of hydrogen-bond donors (Lipinski definition) is 2. The fourth-order valence-electron chi connectivity index (χ4n) is 1.98. The van der Waals surface area contributed by atoms with Gasteiger partial charge in [0.25, 0.3) is 0 Å². The molecule has 124 valence electrons. The zero-order chi connectivity index (χ0) is 16.9. The second-order valence-corrected chi connectivity index (χ2v) is 7.17. The van der Waals surface area contributed by atoms with Crippen LogP contribution in [0.3, 0.4) is 0 Å². The molecule has 5 nitrogen and oxygen atoms in total. The summed E-state index contributed by atoms with van der Waals surface area (Å²) in [4.78, 5) is 16.5. The topological polar surface area (TPSA) is 63.2 Å². The van der Waals surface area contributed by atoms with Crippen LogP contribution in [0.15, 0.2) is 29.6 Å². The molecule has 0 atom stereocenters. The largest absolute Gasteiger partial charge is 0.496 e. The maximum atomic E-state index is 11.9. The van der Waals surface area contributed by atoms with Crippen LogP contribution < -0.4 is 15.4 Å². The van der Waals surface area contributed by atoms with Crippen LogP contribution in [0.1, 0.15) is 37.0 Å². The Morgan fingerprint density at radius 3 is 2.57 bits per heavy atom. The van der Waals surface area contributed by atoms with Crippen LogP contribution in [0.5, 0.6) is 5.75 Å². The number of ether oxygens (including phenoxy) is 1. The molecule has 0 aliphatic rings. The van der Waals surface area contributed by atoms with Crippen LogP contribution in [0.2, 0.25) is 0 Å². The van der Waals surface area contributed by atoms with Gasteiger partial charge in [-0.15, -0.1) is 11.3 Å². The number of nitrogens with zero attached hydrogens (tertiary/aromatic N) is 1. The molecule has 2 amide bonds. The number of rotatable bonds is 5. The fourth-order valence-corrected chi connectivity index (χ4v) is 2.94. The molecule has 23 heavy (non-hydrogen) atoms. The number of benzene rings is 1.